The molecule has 0 saturated heterocycles. The van der Waals surface area contributed by atoms with Gasteiger partial charge in [0, 0.05) is 11.3 Å². The van der Waals surface area contributed by atoms with Gasteiger partial charge >= 0.3 is 0 Å². The summed E-state index contributed by atoms with van der Waals surface area (Å²) in [7, 11) is 0. The van der Waals surface area contributed by atoms with E-state index in [9.17, 15) is 9.90 Å². The van der Waals surface area contributed by atoms with E-state index in [1.54, 1.807) is 32.2 Å². The molecule has 2 aromatic rings. The van der Waals surface area contributed by atoms with Crippen LogP contribution < -0.4 is 5.56 Å². The van der Waals surface area contributed by atoms with Gasteiger partial charge in [-0.3, -0.25) is 9.36 Å². The predicted octanol–water partition coefficient (Wildman–Crippen LogP) is 1.03. The van der Waals surface area contributed by atoms with Crippen molar-refractivity contribution in [1.29, 1.82) is 0 Å². The molecule has 0 bridgehead atoms. The number of aliphatic hydroxyl groups excluding tert-OH is 1. The predicted molar refractivity (Wildman–Crippen MR) is 72.3 cm³/mol. The lowest BCUT2D eigenvalue weighted by Crippen LogP contribution is -2.31. The third-order valence-electron chi connectivity index (χ3n) is 3.06. The number of hydrogen-bond acceptors (Lipinski definition) is 5. The maximum Gasteiger partial charge on any atom is 0.256 e. The average Bonchev–Trinajstić information content (AvgIpc) is 2.93. The van der Waals surface area contributed by atoms with Gasteiger partial charge < -0.3 is 14.3 Å². The number of rotatable bonds is 6. The van der Waals surface area contributed by atoms with Crippen LogP contribution in [0.1, 0.15) is 17.0 Å². The second-order valence-electron chi connectivity index (χ2n) is 4.66. The number of aryl methyl sites for hydroxylation is 1. The molecule has 0 aliphatic heterocycles. The second kappa shape index (κ2) is 6.49. The minimum absolute atomic E-state index is 0.125. The van der Waals surface area contributed by atoms with Gasteiger partial charge in [-0.25, -0.2) is 4.98 Å². The summed E-state index contributed by atoms with van der Waals surface area (Å²) in [4.78, 5) is 16.1. The van der Waals surface area contributed by atoms with Crippen molar-refractivity contribution in [3.63, 3.8) is 0 Å². The first-order chi connectivity index (χ1) is 9.58. The molecule has 0 spiro atoms. The summed E-state index contributed by atoms with van der Waals surface area (Å²) in [5.41, 5.74) is 1.16. The molecule has 0 amide bonds. The summed E-state index contributed by atoms with van der Waals surface area (Å²) >= 11 is 0. The molecule has 2 heterocycles. The Morgan fingerprint density at radius 2 is 2.30 bits per heavy atom. The van der Waals surface area contributed by atoms with Crippen LogP contribution in [0.5, 0.6) is 0 Å². The molecule has 2 aromatic heterocycles. The Hall–Kier alpha value is -1.92. The summed E-state index contributed by atoms with van der Waals surface area (Å²) < 4.78 is 11.8. The number of ether oxygens (including phenoxy) is 1. The van der Waals surface area contributed by atoms with E-state index in [0.717, 1.165) is 0 Å². The van der Waals surface area contributed by atoms with E-state index in [1.165, 1.54) is 10.9 Å². The highest BCUT2D eigenvalue weighted by molar-refractivity contribution is 5.12. The number of aromatic nitrogens is 2. The summed E-state index contributed by atoms with van der Waals surface area (Å²) in [6.07, 6.45) is 2.24. The standard InChI is InChI=1S/C14H18N2O4/c1-10-11(2)15-9-16(14(10)18)6-12(17)7-19-8-13-4-3-5-20-13/h3-5,9,12,17H,6-8H2,1-2H3/t12-/m1/s1. The third-order valence-corrected chi connectivity index (χ3v) is 3.06. The maximum atomic E-state index is 11.9. The molecule has 2 rings (SSSR count). The molecule has 6 heteroatoms. The van der Waals surface area contributed by atoms with Gasteiger partial charge in [-0.1, -0.05) is 0 Å². The molecule has 1 N–H and O–H groups in total. The first kappa shape index (κ1) is 14.5. The molecule has 0 aromatic carbocycles. The van der Waals surface area contributed by atoms with Crippen molar-refractivity contribution in [2.24, 2.45) is 0 Å². The van der Waals surface area contributed by atoms with Crippen molar-refractivity contribution in [2.45, 2.75) is 33.1 Å². The molecule has 0 fully saturated rings. The lowest BCUT2D eigenvalue weighted by atomic mass is 10.2. The Kier molecular flexibility index (Phi) is 4.70. The van der Waals surface area contributed by atoms with Crippen LogP contribution in [0.15, 0.2) is 33.9 Å². The maximum absolute atomic E-state index is 11.9. The fourth-order valence-corrected chi connectivity index (χ4v) is 1.78. The van der Waals surface area contributed by atoms with Crippen LogP contribution in [-0.2, 0) is 17.9 Å². The quantitative estimate of drug-likeness (QED) is 0.854. The van der Waals surface area contributed by atoms with Crippen LogP contribution in [0.4, 0.5) is 0 Å². The fraction of sp³-hybridized carbons (Fsp3) is 0.429. The van der Waals surface area contributed by atoms with Crippen LogP contribution in [0, 0.1) is 13.8 Å². The molecule has 0 saturated carbocycles. The molecule has 0 aliphatic carbocycles. The van der Waals surface area contributed by atoms with Crippen LogP contribution in [0.3, 0.4) is 0 Å². The van der Waals surface area contributed by atoms with E-state index in [2.05, 4.69) is 4.98 Å². The highest BCUT2D eigenvalue weighted by Gasteiger charge is 2.10. The first-order valence-corrected chi connectivity index (χ1v) is 6.38. The van der Waals surface area contributed by atoms with Crippen LogP contribution in [-0.4, -0.2) is 27.4 Å². The largest absolute Gasteiger partial charge is 0.467 e. The Balaban J connectivity index is 1.87. The van der Waals surface area contributed by atoms with E-state index in [-0.39, 0.29) is 18.7 Å². The van der Waals surface area contributed by atoms with Crippen molar-refractivity contribution in [3.8, 4) is 0 Å². The fourth-order valence-electron chi connectivity index (χ4n) is 1.78. The van der Waals surface area contributed by atoms with Crippen LogP contribution >= 0.6 is 0 Å². The highest BCUT2D eigenvalue weighted by Crippen LogP contribution is 2.03. The molecule has 0 radical (unpaired) electrons. The minimum Gasteiger partial charge on any atom is -0.467 e. The van der Waals surface area contributed by atoms with Crippen LogP contribution in [0.25, 0.3) is 0 Å². The highest BCUT2D eigenvalue weighted by atomic mass is 16.5. The topological polar surface area (TPSA) is 77.5 Å². The van der Waals surface area contributed by atoms with E-state index in [4.69, 9.17) is 9.15 Å². The Morgan fingerprint density at radius 3 is 3.00 bits per heavy atom. The van der Waals surface area contributed by atoms with Gasteiger partial charge in [0.25, 0.3) is 5.56 Å². The third kappa shape index (κ3) is 3.55. The van der Waals surface area contributed by atoms with E-state index in [0.29, 0.717) is 23.6 Å². The summed E-state index contributed by atoms with van der Waals surface area (Å²) in [6, 6.07) is 3.57. The summed E-state index contributed by atoms with van der Waals surface area (Å²) in [5, 5.41) is 9.87. The molecular formula is C14H18N2O4. The van der Waals surface area contributed by atoms with Gasteiger partial charge in [0.1, 0.15) is 12.4 Å². The number of hydrogen-bond donors (Lipinski definition) is 1. The summed E-state index contributed by atoms with van der Waals surface area (Å²) in [5.74, 6) is 0.696. The second-order valence-corrected chi connectivity index (χ2v) is 4.66. The van der Waals surface area contributed by atoms with E-state index in [1.807, 2.05) is 0 Å². The average molecular weight is 278 g/mol. The molecule has 6 nitrogen and oxygen atoms in total. The van der Waals surface area contributed by atoms with Gasteiger partial charge in [-0.05, 0) is 26.0 Å². The smallest absolute Gasteiger partial charge is 0.256 e. The monoisotopic (exact) mass is 278 g/mol. The SMILES string of the molecule is Cc1ncn(C[C@@H](O)COCc2ccco2)c(=O)c1C. The van der Waals surface area contributed by atoms with Gasteiger partial charge in [-0.2, -0.15) is 0 Å². The zero-order valence-corrected chi connectivity index (χ0v) is 11.6. The minimum atomic E-state index is -0.772. The number of furan rings is 1. The van der Waals surface area contributed by atoms with Gasteiger partial charge in [0.2, 0.25) is 0 Å². The Labute approximate surface area is 116 Å². The lowest BCUT2D eigenvalue weighted by molar-refractivity contribution is 0.0141. The molecule has 0 unspecified atom stereocenters. The van der Waals surface area contributed by atoms with E-state index >= 15 is 0 Å². The molecule has 1 atom stereocenters. The van der Waals surface area contributed by atoms with E-state index < -0.39 is 6.10 Å². The van der Waals surface area contributed by atoms with Crippen molar-refractivity contribution < 1.29 is 14.3 Å². The normalized spacial score (nSPS) is 12.6. The van der Waals surface area contributed by atoms with Crippen molar-refractivity contribution in [2.75, 3.05) is 6.61 Å². The Morgan fingerprint density at radius 1 is 1.50 bits per heavy atom. The van der Waals surface area contributed by atoms with Gasteiger partial charge in [-0.15, -0.1) is 0 Å². The molecule has 108 valence electrons. The Bertz CT molecular complexity index is 604. The van der Waals surface area contributed by atoms with Crippen molar-refractivity contribution in [3.05, 3.63) is 52.1 Å². The first-order valence-electron chi connectivity index (χ1n) is 6.38. The molecular weight excluding hydrogens is 260 g/mol. The van der Waals surface area contributed by atoms with Gasteiger partial charge in [0.05, 0.1) is 31.8 Å². The lowest BCUT2D eigenvalue weighted by Gasteiger charge is -2.13. The molecule has 20 heavy (non-hydrogen) atoms. The van der Waals surface area contributed by atoms with Crippen LogP contribution in [0.2, 0.25) is 0 Å². The number of nitrogens with zero attached hydrogens (tertiary/aromatic N) is 2. The number of aliphatic hydroxyl groups is 1. The summed E-state index contributed by atoms with van der Waals surface area (Å²) in [6.45, 7) is 4.08. The zero-order chi connectivity index (χ0) is 14.5. The van der Waals surface area contributed by atoms with Crippen molar-refractivity contribution in [1.82, 2.24) is 9.55 Å². The van der Waals surface area contributed by atoms with Gasteiger partial charge in [0.15, 0.2) is 0 Å². The molecule has 0 aliphatic rings. The zero-order valence-electron chi connectivity index (χ0n) is 11.6. The van der Waals surface area contributed by atoms with Crippen molar-refractivity contribution >= 4 is 0 Å².